The van der Waals surface area contributed by atoms with Crippen LogP contribution in [0.4, 0.5) is 10.1 Å². The number of nitrogens with zero attached hydrogens (tertiary/aromatic N) is 5. The molecule has 0 N–H and O–H groups in total. The number of hydrogen-bond acceptors (Lipinski definition) is 4. The van der Waals surface area contributed by atoms with Crippen LogP contribution in [0.1, 0.15) is 12.8 Å². The van der Waals surface area contributed by atoms with Gasteiger partial charge in [0.05, 0.1) is 41.9 Å². The first-order valence-corrected chi connectivity index (χ1v) is 8.82. The third-order valence-corrected chi connectivity index (χ3v) is 5.10. The number of aromatic nitrogens is 3. The van der Waals surface area contributed by atoms with Gasteiger partial charge in [0.1, 0.15) is 6.17 Å². The Balaban J connectivity index is 1.45. The first-order valence-electron chi connectivity index (χ1n) is 8.44. The Kier molecular flexibility index (Phi) is 4.33. The van der Waals surface area contributed by atoms with Gasteiger partial charge in [-0.1, -0.05) is 11.6 Å². The van der Waals surface area contributed by atoms with Crippen LogP contribution in [0.25, 0.3) is 5.69 Å². The monoisotopic (exact) mass is 362 g/mol. The van der Waals surface area contributed by atoms with Crippen molar-refractivity contribution >= 4 is 23.2 Å². The van der Waals surface area contributed by atoms with Crippen LogP contribution in [0, 0.1) is 5.92 Å². The summed E-state index contributed by atoms with van der Waals surface area (Å²) in [5.41, 5.74) is 1.88. The molecule has 0 aliphatic carbocycles. The van der Waals surface area contributed by atoms with Gasteiger partial charge in [-0.15, -0.1) is 0 Å². The maximum absolute atomic E-state index is 13.0. The van der Waals surface area contributed by atoms with Crippen molar-refractivity contribution in [2.24, 2.45) is 5.92 Å². The van der Waals surface area contributed by atoms with Gasteiger partial charge in [0, 0.05) is 31.4 Å². The zero-order chi connectivity index (χ0) is 17.4. The second-order valence-electron chi connectivity index (χ2n) is 6.57. The van der Waals surface area contributed by atoms with Crippen LogP contribution in [0.5, 0.6) is 0 Å². The zero-order valence-electron chi connectivity index (χ0n) is 13.7. The minimum absolute atomic E-state index is 0.0111. The van der Waals surface area contributed by atoms with Gasteiger partial charge >= 0.3 is 0 Å². The molecular weight excluding hydrogens is 344 g/mol. The average molecular weight is 363 g/mol. The molecule has 6 nitrogen and oxygen atoms in total. The van der Waals surface area contributed by atoms with Crippen LogP contribution in [-0.4, -0.2) is 57.9 Å². The van der Waals surface area contributed by atoms with E-state index in [-0.39, 0.29) is 24.9 Å². The van der Waals surface area contributed by atoms with Gasteiger partial charge in [0.15, 0.2) is 0 Å². The van der Waals surface area contributed by atoms with Crippen molar-refractivity contribution in [3.8, 4) is 5.69 Å². The van der Waals surface area contributed by atoms with E-state index in [1.165, 1.54) is 0 Å². The minimum atomic E-state index is -0.845. The van der Waals surface area contributed by atoms with Crippen molar-refractivity contribution in [3.63, 3.8) is 0 Å². The highest BCUT2D eigenvalue weighted by molar-refractivity contribution is 6.30. The van der Waals surface area contributed by atoms with Gasteiger partial charge in [-0.3, -0.25) is 9.78 Å². The van der Waals surface area contributed by atoms with E-state index in [9.17, 15) is 9.18 Å². The van der Waals surface area contributed by atoms with Gasteiger partial charge in [-0.2, -0.15) is 5.10 Å². The molecule has 1 amide bonds. The lowest BCUT2D eigenvalue weighted by Gasteiger charge is -2.40. The normalized spacial score (nSPS) is 19.1. The van der Waals surface area contributed by atoms with Crippen LogP contribution in [0.15, 0.2) is 30.9 Å². The quantitative estimate of drug-likeness (QED) is 0.840. The second-order valence-corrected chi connectivity index (χ2v) is 7.01. The Hall–Kier alpha value is -2.15. The fourth-order valence-corrected chi connectivity index (χ4v) is 3.62. The molecule has 0 saturated carbocycles. The summed E-state index contributed by atoms with van der Waals surface area (Å²) >= 11 is 5.98. The maximum Gasteiger partial charge on any atom is 0.226 e. The van der Waals surface area contributed by atoms with Crippen molar-refractivity contribution in [2.45, 2.75) is 19.0 Å². The smallest absolute Gasteiger partial charge is 0.226 e. The van der Waals surface area contributed by atoms with E-state index in [2.05, 4.69) is 15.0 Å². The second kappa shape index (κ2) is 6.63. The molecule has 132 valence electrons. The van der Waals surface area contributed by atoms with E-state index in [4.69, 9.17) is 11.6 Å². The number of piperidine rings is 1. The summed E-state index contributed by atoms with van der Waals surface area (Å²) in [5, 5.41) is 4.84. The highest BCUT2D eigenvalue weighted by Gasteiger charge is 2.36. The Morgan fingerprint density at radius 3 is 2.60 bits per heavy atom. The van der Waals surface area contributed by atoms with Crippen LogP contribution < -0.4 is 4.90 Å². The predicted octanol–water partition coefficient (Wildman–Crippen LogP) is 2.32. The molecule has 0 aromatic carbocycles. The zero-order valence-corrected chi connectivity index (χ0v) is 14.4. The lowest BCUT2D eigenvalue weighted by atomic mass is 9.93. The Morgan fingerprint density at radius 1 is 1.20 bits per heavy atom. The predicted molar refractivity (Wildman–Crippen MR) is 92.8 cm³/mol. The van der Waals surface area contributed by atoms with E-state index < -0.39 is 6.17 Å². The molecule has 0 spiro atoms. The van der Waals surface area contributed by atoms with Crippen LogP contribution >= 0.6 is 11.6 Å². The summed E-state index contributed by atoms with van der Waals surface area (Å²) in [5.74, 6) is 0.0850. The number of alkyl halides is 1. The van der Waals surface area contributed by atoms with Crippen LogP contribution in [0.2, 0.25) is 5.02 Å². The molecule has 4 rings (SSSR count). The molecular formula is C17H19ClFN5O. The topological polar surface area (TPSA) is 54.3 Å². The largest absolute Gasteiger partial charge is 0.368 e. The molecule has 25 heavy (non-hydrogen) atoms. The molecule has 0 radical (unpaired) electrons. The van der Waals surface area contributed by atoms with Gasteiger partial charge in [-0.05, 0) is 18.9 Å². The summed E-state index contributed by atoms with van der Waals surface area (Å²) in [4.78, 5) is 20.4. The molecule has 2 aromatic heterocycles. The molecule has 2 aromatic rings. The third-order valence-electron chi connectivity index (χ3n) is 4.91. The first kappa shape index (κ1) is 16.3. The highest BCUT2D eigenvalue weighted by atomic mass is 35.5. The molecule has 2 aliphatic heterocycles. The van der Waals surface area contributed by atoms with Crippen LogP contribution in [-0.2, 0) is 4.79 Å². The number of hydrogen-bond donors (Lipinski definition) is 0. The minimum Gasteiger partial charge on any atom is -0.368 e. The fraction of sp³-hybridized carbons (Fsp3) is 0.471. The Bertz CT molecular complexity index is 768. The number of carbonyl (C=O) groups excluding carboxylic acids is 1. The Labute approximate surface area is 150 Å². The molecule has 0 unspecified atom stereocenters. The maximum atomic E-state index is 13.0. The van der Waals surface area contributed by atoms with Crippen molar-refractivity contribution in [1.82, 2.24) is 19.7 Å². The molecule has 8 heteroatoms. The molecule has 2 fully saturated rings. The van der Waals surface area contributed by atoms with Gasteiger partial charge in [-0.25, -0.2) is 9.07 Å². The molecule has 2 aliphatic rings. The summed E-state index contributed by atoms with van der Waals surface area (Å²) in [6.45, 7) is 2.03. The number of rotatable bonds is 3. The van der Waals surface area contributed by atoms with E-state index in [1.54, 1.807) is 28.2 Å². The van der Waals surface area contributed by atoms with Gasteiger partial charge in [0.25, 0.3) is 0 Å². The first-order chi connectivity index (χ1) is 12.1. The SMILES string of the molecule is O=C(C1CCN(c2cnccc2-n2cc(Cl)cn2)CC1)N1CC([18F])C1. The lowest BCUT2D eigenvalue weighted by molar-refractivity contribution is -0.143. The molecule has 2 saturated heterocycles. The molecule has 0 atom stereocenters. The van der Waals surface area contributed by atoms with Crippen molar-refractivity contribution in [1.29, 1.82) is 0 Å². The number of anilines is 1. The molecule has 4 heterocycles. The average Bonchev–Trinajstić information content (AvgIpc) is 3.05. The van der Waals surface area contributed by atoms with E-state index >= 15 is 0 Å². The third kappa shape index (κ3) is 3.20. The number of halogens is 2. The standard InChI is InChI=1S/C17H19ClFN5O/c18-13-7-21-24(9-13)15-1-4-20-8-16(15)22-5-2-12(3-6-22)17(25)23-10-14(19)11-23/h1,4,7-9,12,14H,2-3,5-6,10-11H2/i19-1. The summed E-state index contributed by atoms with van der Waals surface area (Å²) in [6.07, 6.45) is 7.58. The number of carbonyl (C=O) groups is 1. The van der Waals surface area contributed by atoms with Crippen molar-refractivity contribution in [3.05, 3.63) is 35.9 Å². The van der Waals surface area contributed by atoms with Crippen molar-refractivity contribution in [2.75, 3.05) is 31.1 Å². The van der Waals surface area contributed by atoms with Gasteiger partial charge in [0.2, 0.25) is 5.91 Å². The molecule has 0 bridgehead atoms. The summed E-state index contributed by atoms with van der Waals surface area (Å²) in [6, 6.07) is 1.90. The lowest BCUT2D eigenvalue weighted by Crippen LogP contribution is -2.54. The van der Waals surface area contributed by atoms with E-state index in [0.29, 0.717) is 5.02 Å². The number of amides is 1. The highest BCUT2D eigenvalue weighted by Crippen LogP contribution is 2.30. The fourth-order valence-electron chi connectivity index (χ4n) is 3.48. The number of pyridine rings is 1. The summed E-state index contributed by atoms with van der Waals surface area (Å²) in [7, 11) is 0. The van der Waals surface area contributed by atoms with E-state index in [0.717, 1.165) is 37.3 Å². The van der Waals surface area contributed by atoms with E-state index in [1.807, 2.05) is 12.3 Å². The summed E-state index contributed by atoms with van der Waals surface area (Å²) < 4.78 is 14.7. The number of likely N-dealkylation sites (tertiary alicyclic amines) is 1. The van der Waals surface area contributed by atoms with Gasteiger partial charge < -0.3 is 9.80 Å². The Morgan fingerprint density at radius 2 is 1.96 bits per heavy atom. The van der Waals surface area contributed by atoms with Crippen molar-refractivity contribution < 1.29 is 9.18 Å². The van der Waals surface area contributed by atoms with Crippen LogP contribution in [0.3, 0.4) is 0 Å².